The molecule has 0 saturated heterocycles. The van der Waals surface area contributed by atoms with Gasteiger partial charge in [0.05, 0.1) is 5.02 Å². The Morgan fingerprint density at radius 3 is 2.58 bits per heavy atom. The molecule has 0 aliphatic rings. The Kier molecular flexibility index (Phi) is 2.51. The second-order valence-corrected chi connectivity index (χ2v) is 3.74. The maximum atomic E-state index is 10.5. The Hall–Kier alpha value is -0.850. The van der Waals surface area contributed by atoms with E-state index in [0.717, 1.165) is 0 Å². The van der Waals surface area contributed by atoms with Crippen LogP contribution in [0.1, 0.15) is 0 Å². The van der Waals surface area contributed by atoms with Crippen molar-refractivity contribution in [1.29, 1.82) is 0 Å². The molecular formula is C5H6ClN3O2S. The SMILES string of the molecule is NS(=O)(=O)Nc1ccc(Cl)cn1. The minimum absolute atomic E-state index is 0.141. The van der Waals surface area contributed by atoms with E-state index in [4.69, 9.17) is 16.7 Å². The number of rotatable bonds is 2. The normalized spacial score (nSPS) is 11.2. The van der Waals surface area contributed by atoms with E-state index < -0.39 is 10.2 Å². The topological polar surface area (TPSA) is 85.1 Å². The molecular weight excluding hydrogens is 202 g/mol. The van der Waals surface area contributed by atoms with E-state index in [1.54, 1.807) is 0 Å². The summed E-state index contributed by atoms with van der Waals surface area (Å²) in [6.07, 6.45) is 1.31. The van der Waals surface area contributed by atoms with Crippen molar-refractivity contribution < 1.29 is 8.42 Å². The summed E-state index contributed by atoms with van der Waals surface area (Å²) in [6.45, 7) is 0. The Labute approximate surface area is 74.7 Å². The number of hydrogen-bond acceptors (Lipinski definition) is 3. The number of anilines is 1. The van der Waals surface area contributed by atoms with Gasteiger partial charge >= 0.3 is 0 Å². The summed E-state index contributed by atoms with van der Waals surface area (Å²) in [5.74, 6) is 0.141. The number of nitrogens with two attached hydrogens (primary N) is 1. The van der Waals surface area contributed by atoms with Crippen molar-refractivity contribution in [3.05, 3.63) is 23.4 Å². The average Bonchev–Trinajstić information content (AvgIpc) is 1.91. The molecule has 0 saturated carbocycles. The van der Waals surface area contributed by atoms with Gasteiger partial charge < -0.3 is 0 Å². The molecule has 0 fully saturated rings. The van der Waals surface area contributed by atoms with Gasteiger partial charge in [0.1, 0.15) is 5.82 Å². The van der Waals surface area contributed by atoms with Gasteiger partial charge in [-0.05, 0) is 12.1 Å². The molecule has 0 spiro atoms. The highest BCUT2D eigenvalue weighted by atomic mass is 35.5. The van der Waals surface area contributed by atoms with Crippen LogP contribution in [-0.2, 0) is 10.2 Å². The van der Waals surface area contributed by atoms with Crippen LogP contribution < -0.4 is 9.86 Å². The van der Waals surface area contributed by atoms with Crippen LogP contribution in [0.15, 0.2) is 18.3 Å². The molecule has 0 aliphatic carbocycles. The maximum Gasteiger partial charge on any atom is 0.297 e. The number of halogens is 1. The van der Waals surface area contributed by atoms with E-state index in [0.29, 0.717) is 5.02 Å². The standard InChI is InChI=1S/C5H6ClN3O2S/c6-4-1-2-5(8-3-4)9-12(7,10)11/h1-3H,(H,8,9)(H2,7,10,11). The van der Waals surface area contributed by atoms with Crippen LogP contribution in [0.4, 0.5) is 5.82 Å². The Balaban J connectivity index is 2.85. The highest BCUT2D eigenvalue weighted by Gasteiger charge is 2.01. The second kappa shape index (κ2) is 3.26. The van der Waals surface area contributed by atoms with Gasteiger partial charge in [-0.1, -0.05) is 11.6 Å². The molecule has 5 nitrogen and oxygen atoms in total. The monoisotopic (exact) mass is 207 g/mol. The minimum atomic E-state index is -3.75. The maximum absolute atomic E-state index is 10.5. The van der Waals surface area contributed by atoms with Crippen LogP contribution >= 0.6 is 11.6 Å². The third-order valence-electron chi connectivity index (χ3n) is 0.974. The van der Waals surface area contributed by atoms with Gasteiger partial charge in [0.2, 0.25) is 0 Å². The van der Waals surface area contributed by atoms with Crippen LogP contribution in [0.2, 0.25) is 5.02 Å². The van der Waals surface area contributed by atoms with Gasteiger partial charge in [-0.2, -0.15) is 8.42 Å². The third-order valence-corrected chi connectivity index (χ3v) is 1.69. The number of nitrogens with one attached hydrogen (secondary N) is 1. The highest BCUT2D eigenvalue weighted by Crippen LogP contribution is 2.09. The van der Waals surface area contributed by atoms with E-state index in [1.807, 2.05) is 4.72 Å². The van der Waals surface area contributed by atoms with Gasteiger partial charge in [0.15, 0.2) is 0 Å². The van der Waals surface area contributed by atoms with Gasteiger partial charge in [-0.3, -0.25) is 4.72 Å². The van der Waals surface area contributed by atoms with Gasteiger partial charge in [-0.25, -0.2) is 10.1 Å². The molecule has 0 aliphatic heterocycles. The molecule has 0 bridgehead atoms. The van der Waals surface area contributed by atoms with Crippen molar-refractivity contribution in [3.8, 4) is 0 Å². The Bertz CT molecular complexity index is 361. The average molecular weight is 208 g/mol. The zero-order chi connectivity index (χ0) is 9.19. The summed E-state index contributed by atoms with van der Waals surface area (Å²) >= 11 is 5.51. The molecule has 1 aromatic rings. The first-order chi connectivity index (χ1) is 5.47. The van der Waals surface area contributed by atoms with Crippen molar-refractivity contribution in [2.75, 3.05) is 4.72 Å². The van der Waals surface area contributed by atoms with Gasteiger partial charge in [0.25, 0.3) is 10.2 Å². The predicted octanol–water partition coefficient (Wildman–Crippen LogP) is 0.350. The first-order valence-corrected chi connectivity index (χ1v) is 4.82. The lowest BCUT2D eigenvalue weighted by molar-refractivity contribution is 0.602. The molecule has 3 N–H and O–H groups in total. The smallest absolute Gasteiger partial charge is 0.255 e. The summed E-state index contributed by atoms with van der Waals surface area (Å²) in [6, 6.07) is 2.91. The highest BCUT2D eigenvalue weighted by molar-refractivity contribution is 7.90. The Morgan fingerprint density at radius 1 is 1.50 bits per heavy atom. The molecule has 0 atom stereocenters. The van der Waals surface area contributed by atoms with Crippen LogP contribution in [0.5, 0.6) is 0 Å². The zero-order valence-corrected chi connectivity index (χ0v) is 7.43. The van der Waals surface area contributed by atoms with Crippen molar-refractivity contribution >= 4 is 27.6 Å². The molecule has 7 heteroatoms. The van der Waals surface area contributed by atoms with Crippen molar-refractivity contribution in [3.63, 3.8) is 0 Å². The molecule has 0 radical (unpaired) electrons. The molecule has 1 heterocycles. The molecule has 0 unspecified atom stereocenters. The fourth-order valence-electron chi connectivity index (χ4n) is 0.582. The second-order valence-electron chi connectivity index (χ2n) is 2.01. The lowest BCUT2D eigenvalue weighted by Crippen LogP contribution is -2.22. The lowest BCUT2D eigenvalue weighted by Gasteiger charge is -2.00. The summed E-state index contributed by atoms with van der Waals surface area (Å²) in [4.78, 5) is 3.66. The molecule has 1 aromatic heterocycles. The number of nitrogens with zero attached hydrogens (tertiary/aromatic N) is 1. The van der Waals surface area contributed by atoms with E-state index in [1.165, 1.54) is 18.3 Å². The fourth-order valence-corrected chi connectivity index (χ4v) is 1.11. The summed E-state index contributed by atoms with van der Waals surface area (Å²) in [5, 5.41) is 5.12. The van der Waals surface area contributed by atoms with Crippen LogP contribution in [-0.4, -0.2) is 13.4 Å². The molecule has 0 amide bonds. The zero-order valence-electron chi connectivity index (χ0n) is 5.86. The van der Waals surface area contributed by atoms with Crippen LogP contribution in [0.3, 0.4) is 0 Å². The molecule has 12 heavy (non-hydrogen) atoms. The molecule has 1 rings (SSSR count). The van der Waals surface area contributed by atoms with Crippen molar-refractivity contribution in [1.82, 2.24) is 4.98 Å². The van der Waals surface area contributed by atoms with Gasteiger partial charge in [0, 0.05) is 6.20 Å². The molecule has 0 aromatic carbocycles. The number of aromatic nitrogens is 1. The fraction of sp³-hybridized carbons (Fsp3) is 0. The van der Waals surface area contributed by atoms with Crippen LogP contribution in [0, 0.1) is 0 Å². The first kappa shape index (κ1) is 9.24. The molecule has 66 valence electrons. The first-order valence-electron chi connectivity index (χ1n) is 2.89. The van der Waals surface area contributed by atoms with E-state index >= 15 is 0 Å². The van der Waals surface area contributed by atoms with Gasteiger partial charge in [-0.15, -0.1) is 0 Å². The van der Waals surface area contributed by atoms with E-state index in [2.05, 4.69) is 4.98 Å². The number of pyridine rings is 1. The predicted molar refractivity (Wildman–Crippen MR) is 46.0 cm³/mol. The quantitative estimate of drug-likeness (QED) is 0.734. The lowest BCUT2D eigenvalue weighted by atomic mass is 10.5. The number of hydrogen-bond donors (Lipinski definition) is 2. The van der Waals surface area contributed by atoms with Crippen molar-refractivity contribution in [2.45, 2.75) is 0 Å². The van der Waals surface area contributed by atoms with E-state index in [-0.39, 0.29) is 5.82 Å². The van der Waals surface area contributed by atoms with E-state index in [9.17, 15) is 8.42 Å². The van der Waals surface area contributed by atoms with Crippen LogP contribution in [0.25, 0.3) is 0 Å². The van der Waals surface area contributed by atoms with Crippen molar-refractivity contribution in [2.24, 2.45) is 5.14 Å². The summed E-state index contributed by atoms with van der Waals surface area (Å²) in [5.41, 5.74) is 0. The minimum Gasteiger partial charge on any atom is -0.255 e. The summed E-state index contributed by atoms with van der Waals surface area (Å²) < 4.78 is 22.9. The summed E-state index contributed by atoms with van der Waals surface area (Å²) in [7, 11) is -3.75. The largest absolute Gasteiger partial charge is 0.297 e. The third kappa shape index (κ3) is 3.04. The Morgan fingerprint density at radius 2 is 2.17 bits per heavy atom.